The van der Waals surface area contributed by atoms with Crippen LogP contribution in [0.3, 0.4) is 0 Å². The van der Waals surface area contributed by atoms with Gasteiger partial charge in [0.05, 0.1) is 0 Å². The lowest BCUT2D eigenvalue weighted by molar-refractivity contribution is 0.123. The molecule has 2 aliphatic rings. The molecule has 0 amide bonds. The van der Waals surface area contributed by atoms with Gasteiger partial charge in [-0.3, -0.25) is 0 Å². The molecule has 17 heavy (non-hydrogen) atoms. The molecule has 2 N–H and O–H groups in total. The predicted molar refractivity (Wildman–Crippen MR) is 71.1 cm³/mol. The summed E-state index contributed by atoms with van der Waals surface area (Å²) in [5.74, 6) is 0. The lowest BCUT2D eigenvalue weighted by atomic mass is 9.87. The fraction of sp³-hybridized carbons (Fsp3) is 1.00. The van der Waals surface area contributed by atoms with Crippen LogP contribution in [-0.2, 0) is 0 Å². The number of nitrogens with one attached hydrogen (secondary N) is 1. The molecule has 1 aliphatic heterocycles. The highest BCUT2D eigenvalue weighted by Gasteiger charge is 2.33. The van der Waals surface area contributed by atoms with Gasteiger partial charge in [0.15, 0.2) is 0 Å². The van der Waals surface area contributed by atoms with Crippen molar-refractivity contribution in [1.82, 2.24) is 10.2 Å². The van der Waals surface area contributed by atoms with E-state index in [0.29, 0.717) is 12.6 Å². The highest BCUT2D eigenvalue weighted by molar-refractivity contribution is 4.87. The third kappa shape index (κ3) is 3.67. The third-order valence-corrected chi connectivity index (χ3v) is 4.72. The largest absolute Gasteiger partial charge is 0.396 e. The minimum Gasteiger partial charge on any atom is -0.396 e. The van der Waals surface area contributed by atoms with Crippen molar-refractivity contribution in [2.75, 3.05) is 33.3 Å². The summed E-state index contributed by atoms with van der Waals surface area (Å²) in [7, 11) is 2.22. The van der Waals surface area contributed by atoms with Crippen LogP contribution in [0.5, 0.6) is 0 Å². The first-order valence-electron chi connectivity index (χ1n) is 7.27. The summed E-state index contributed by atoms with van der Waals surface area (Å²) in [6.07, 6.45) is 8.89. The fourth-order valence-corrected chi connectivity index (χ4v) is 3.32. The zero-order chi connectivity index (χ0) is 12.1. The smallest absolute Gasteiger partial charge is 0.0499 e. The summed E-state index contributed by atoms with van der Waals surface area (Å²) >= 11 is 0. The highest BCUT2D eigenvalue weighted by Crippen LogP contribution is 2.37. The van der Waals surface area contributed by atoms with Crippen molar-refractivity contribution in [3.05, 3.63) is 0 Å². The van der Waals surface area contributed by atoms with Gasteiger partial charge in [-0.1, -0.05) is 12.8 Å². The molecule has 1 unspecified atom stereocenters. The van der Waals surface area contributed by atoms with E-state index in [1.807, 2.05) is 0 Å². The van der Waals surface area contributed by atoms with E-state index < -0.39 is 0 Å². The Kier molecular flexibility index (Phi) is 4.83. The van der Waals surface area contributed by atoms with Crippen LogP contribution >= 0.6 is 0 Å². The van der Waals surface area contributed by atoms with E-state index in [2.05, 4.69) is 17.3 Å². The molecule has 1 saturated carbocycles. The van der Waals surface area contributed by atoms with Crippen molar-refractivity contribution in [2.45, 2.75) is 51.0 Å². The molecule has 0 aromatic carbocycles. The maximum atomic E-state index is 9.60. The van der Waals surface area contributed by atoms with Gasteiger partial charge in [-0.25, -0.2) is 0 Å². The van der Waals surface area contributed by atoms with Crippen molar-refractivity contribution >= 4 is 0 Å². The summed E-state index contributed by atoms with van der Waals surface area (Å²) in [4.78, 5) is 2.43. The molecule has 0 aromatic rings. The van der Waals surface area contributed by atoms with Gasteiger partial charge < -0.3 is 15.3 Å². The van der Waals surface area contributed by atoms with Crippen LogP contribution in [0.4, 0.5) is 0 Å². The number of hydrogen-bond donors (Lipinski definition) is 2. The molecule has 0 radical (unpaired) electrons. The quantitative estimate of drug-likeness (QED) is 0.784. The summed E-state index contributed by atoms with van der Waals surface area (Å²) in [5, 5.41) is 13.3. The second-order valence-electron chi connectivity index (χ2n) is 6.18. The van der Waals surface area contributed by atoms with Crippen molar-refractivity contribution < 1.29 is 5.11 Å². The Hall–Kier alpha value is -0.120. The second-order valence-corrected chi connectivity index (χ2v) is 6.18. The Balaban J connectivity index is 1.76. The summed E-state index contributed by atoms with van der Waals surface area (Å²) in [5.41, 5.74) is 0.207. The van der Waals surface area contributed by atoms with E-state index in [9.17, 15) is 5.11 Å². The van der Waals surface area contributed by atoms with Crippen molar-refractivity contribution in [1.29, 1.82) is 0 Å². The summed E-state index contributed by atoms with van der Waals surface area (Å²) in [6.45, 7) is 3.84. The fourth-order valence-electron chi connectivity index (χ4n) is 3.32. The van der Waals surface area contributed by atoms with E-state index in [4.69, 9.17) is 0 Å². The monoisotopic (exact) mass is 240 g/mol. The number of aliphatic hydroxyl groups excluding tert-OH is 1. The molecule has 3 nitrogen and oxygen atoms in total. The SMILES string of the molecule is CN1CCCC(NCC2(CO)CCCC2)CC1. The molecule has 2 fully saturated rings. The number of hydrogen-bond acceptors (Lipinski definition) is 3. The predicted octanol–water partition coefficient (Wildman–Crippen LogP) is 1.61. The number of aliphatic hydroxyl groups is 1. The van der Waals surface area contributed by atoms with Crippen molar-refractivity contribution in [3.8, 4) is 0 Å². The molecule has 2 rings (SSSR count). The minimum atomic E-state index is 0.207. The van der Waals surface area contributed by atoms with Crippen LogP contribution in [0.2, 0.25) is 0 Å². The lowest BCUT2D eigenvalue weighted by Crippen LogP contribution is -2.40. The van der Waals surface area contributed by atoms with Gasteiger partial charge in [0.2, 0.25) is 0 Å². The first-order chi connectivity index (χ1) is 8.24. The maximum absolute atomic E-state index is 9.60. The van der Waals surface area contributed by atoms with E-state index in [1.165, 1.54) is 58.0 Å². The lowest BCUT2D eigenvalue weighted by Gasteiger charge is -2.29. The van der Waals surface area contributed by atoms with Gasteiger partial charge in [-0.2, -0.15) is 0 Å². The molecule has 0 spiro atoms. The molecular formula is C14H28N2O. The molecule has 1 atom stereocenters. The molecule has 1 heterocycles. The Morgan fingerprint density at radius 3 is 2.65 bits per heavy atom. The molecule has 100 valence electrons. The summed E-state index contributed by atoms with van der Waals surface area (Å²) < 4.78 is 0. The van der Waals surface area contributed by atoms with Crippen LogP contribution in [-0.4, -0.2) is 49.3 Å². The van der Waals surface area contributed by atoms with Crippen molar-refractivity contribution in [3.63, 3.8) is 0 Å². The molecular weight excluding hydrogens is 212 g/mol. The second kappa shape index (κ2) is 6.17. The number of rotatable bonds is 4. The van der Waals surface area contributed by atoms with E-state index >= 15 is 0 Å². The van der Waals surface area contributed by atoms with Gasteiger partial charge in [0, 0.05) is 24.6 Å². The van der Waals surface area contributed by atoms with Gasteiger partial charge in [-0.05, 0) is 52.2 Å². The third-order valence-electron chi connectivity index (χ3n) is 4.72. The number of likely N-dealkylation sites (tertiary alicyclic amines) is 1. The van der Waals surface area contributed by atoms with E-state index in [0.717, 1.165) is 6.54 Å². The molecule has 3 heteroatoms. The normalized spacial score (nSPS) is 30.4. The van der Waals surface area contributed by atoms with E-state index in [1.54, 1.807) is 0 Å². The average molecular weight is 240 g/mol. The first-order valence-corrected chi connectivity index (χ1v) is 7.27. The standard InChI is InChI=1S/C14H28N2O/c1-16-9-4-5-13(6-10-16)15-11-14(12-17)7-2-3-8-14/h13,15,17H,2-12H2,1H3. The van der Waals surface area contributed by atoms with Crippen LogP contribution < -0.4 is 5.32 Å². The zero-order valence-electron chi connectivity index (χ0n) is 11.2. The Morgan fingerprint density at radius 1 is 1.18 bits per heavy atom. The van der Waals surface area contributed by atoms with E-state index in [-0.39, 0.29) is 5.41 Å². The van der Waals surface area contributed by atoms with Crippen LogP contribution in [0.25, 0.3) is 0 Å². The van der Waals surface area contributed by atoms with Crippen LogP contribution in [0, 0.1) is 5.41 Å². The molecule has 0 aromatic heterocycles. The average Bonchev–Trinajstić information content (AvgIpc) is 2.72. The number of nitrogens with zero attached hydrogens (tertiary/aromatic N) is 1. The summed E-state index contributed by atoms with van der Waals surface area (Å²) in [6, 6.07) is 0.670. The van der Waals surface area contributed by atoms with Crippen molar-refractivity contribution in [2.24, 2.45) is 5.41 Å². The highest BCUT2D eigenvalue weighted by atomic mass is 16.3. The van der Waals surface area contributed by atoms with Gasteiger partial charge in [0.1, 0.15) is 0 Å². The van der Waals surface area contributed by atoms with Gasteiger partial charge >= 0.3 is 0 Å². The van der Waals surface area contributed by atoms with Crippen LogP contribution in [0.15, 0.2) is 0 Å². The molecule has 1 aliphatic carbocycles. The Morgan fingerprint density at radius 2 is 1.94 bits per heavy atom. The Bertz CT molecular complexity index is 226. The van der Waals surface area contributed by atoms with Crippen LogP contribution in [0.1, 0.15) is 44.9 Å². The topological polar surface area (TPSA) is 35.5 Å². The van der Waals surface area contributed by atoms with Gasteiger partial charge in [-0.15, -0.1) is 0 Å². The molecule has 1 saturated heterocycles. The Labute approximate surface area is 106 Å². The minimum absolute atomic E-state index is 0.207. The maximum Gasteiger partial charge on any atom is 0.0499 e. The van der Waals surface area contributed by atoms with Gasteiger partial charge in [0.25, 0.3) is 0 Å². The zero-order valence-corrected chi connectivity index (χ0v) is 11.2. The molecule has 0 bridgehead atoms. The first kappa shape index (κ1) is 13.3.